The second kappa shape index (κ2) is 6.34. The van der Waals surface area contributed by atoms with Crippen molar-refractivity contribution in [2.75, 3.05) is 11.5 Å². The molecular formula is C15H19N3OS2. The average molecular weight is 321 g/mol. The van der Waals surface area contributed by atoms with Crippen molar-refractivity contribution in [3.05, 3.63) is 23.1 Å². The smallest absolute Gasteiger partial charge is 0.191 e. The third kappa shape index (κ3) is 2.93. The van der Waals surface area contributed by atoms with Crippen LogP contribution in [0.25, 0.3) is 10.2 Å². The van der Waals surface area contributed by atoms with Gasteiger partial charge in [-0.25, -0.2) is 9.97 Å². The lowest BCUT2D eigenvalue weighted by Crippen LogP contribution is -2.21. The Balaban J connectivity index is 1.99. The normalized spacial score (nSPS) is 17.9. The molecule has 0 aromatic carbocycles. The van der Waals surface area contributed by atoms with Crippen LogP contribution in [-0.4, -0.2) is 21.8 Å². The van der Waals surface area contributed by atoms with Gasteiger partial charge >= 0.3 is 0 Å². The number of anilines is 1. The molecule has 0 saturated heterocycles. The predicted molar refractivity (Wildman–Crippen MR) is 89.9 cm³/mol. The molecule has 0 aliphatic carbocycles. The minimum atomic E-state index is 0.300. The van der Waals surface area contributed by atoms with Crippen LogP contribution >= 0.6 is 23.1 Å². The quantitative estimate of drug-likeness (QED) is 0.516. The fourth-order valence-corrected chi connectivity index (χ4v) is 4.40. The highest BCUT2D eigenvalue weighted by molar-refractivity contribution is 7.99. The maximum absolute atomic E-state index is 6.19. The molecule has 0 fully saturated rings. The van der Waals surface area contributed by atoms with E-state index in [9.17, 15) is 0 Å². The van der Waals surface area contributed by atoms with Gasteiger partial charge in [0.05, 0.1) is 18.1 Å². The summed E-state index contributed by atoms with van der Waals surface area (Å²) < 4.78 is 5.91. The second-order valence-corrected chi connectivity index (χ2v) is 7.17. The number of aromatic nitrogens is 2. The molecule has 21 heavy (non-hydrogen) atoms. The van der Waals surface area contributed by atoms with Gasteiger partial charge in [-0.2, -0.15) is 0 Å². The summed E-state index contributed by atoms with van der Waals surface area (Å²) in [5, 5.41) is 1.77. The fourth-order valence-electron chi connectivity index (χ4n) is 2.63. The van der Waals surface area contributed by atoms with E-state index in [-0.39, 0.29) is 0 Å². The lowest BCUT2D eigenvalue weighted by molar-refractivity contribution is 0.0254. The van der Waals surface area contributed by atoms with Crippen LogP contribution in [0.5, 0.6) is 0 Å². The molecular weight excluding hydrogens is 302 g/mol. The summed E-state index contributed by atoms with van der Waals surface area (Å²) in [6, 6.07) is 0. The number of fused-ring (bicyclic) bond motifs is 3. The van der Waals surface area contributed by atoms with Gasteiger partial charge in [-0.05, 0) is 12.0 Å². The maximum Gasteiger partial charge on any atom is 0.191 e. The number of thioether (sulfide) groups is 1. The van der Waals surface area contributed by atoms with Gasteiger partial charge in [0, 0.05) is 17.1 Å². The van der Waals surface area contributed by atoms with Gasteiger partial charge in [-0.15, -0.1) is 17.9 Å². The SMILES string of the molecule is C=CCSc1nc(N)c2c3c(sc2n1)CO[C@@H](CCC)C3. The number of nitrogens with two attached hydrogens (primary N) is 1. The fraction of sp³-hybridized carbons (Fsp3) is 0.467. The van der Waals surface area contributed by atoms with E-state index in [2.05, 4.69) is 23.5 Å². The van der Waals surface area contributed by atoms with Gasteiger partial charge in [0.15, 0.2) is 5.16 Å². The number of thiophene rings is 1. The Morgan fingerprint density at radius 2 is 2.38 bits per heavy atom. The van der Waals surface area contributed by atoms with E-state index in [1.807, 2.05) is 6.08 Å². The molecule has 0 spiro atoms. The van der Waals surface area contributed by atoms with Crippen LogP contribution in [0.15, 0.2) is 17.8 Å². The minimum absolute atomic E-state index is 0.300. The first-order valence-electron chi connectivity index (χ1n) is 7.16. The molecule has 3 heterocycles. The summed E-state index contributed by atoms with van der Waals surface area (Å²) in [6.07, 6.45) is 5.29. The van der Waals surface area contributed by atoms with Crippen LogP contribution in [0.4, 0.5) is 5.82 Å². The van der Waals surface area contributed by atoms with Crippen molar-refractivity contribution < 1.29 is 4.74 Å². The summed E-state index contributed by atoms with van der Waals surface area (Å²) in [4.78, 5) is 11.3. The zero-order valence-electron chi connectivity index (χ0n) is 12.1. The molecule has 1 aliphatic heterocycles. The highest BCUT2D eigenvalue weighted by Gasteiger charge is 2.25. The Bertz CT molecular complexity index is 668. The monoisotopic (exact) mass is 321 g/mol. The van der Waals surface area contributed by atoms with Crippen LogP contribution < -0.4 is 5.73 Å². The summed E-state index contributed by atoms with van der Waals surface area (Å²) in [6.45, 7) is 6.58. The van der Waals surface area contributed by atoms with E-state index in [1.54, 1.807) is 23.1 Å². The van der Waals surface area contributed by atoms with Crippen molar-refractivity contribution in [2.24, 2.45) is 0 Å². The van der Waals surface area contributed by atoms with E-state index in [4.69, 9.17) is 10.5 Å². The largest absolute Gasteiger partial charge is 0.383 e. The van der Waals surface area contributed by atoms with E-state index in [0.29, 0.717) is 18.5 Å². The Morgan fingerprint density at radius 1 is 1.52 bits per heavy atom. The number of rotatable bonds is 5. The summed E-state index contributed by atoms with van der Waals surface area (Å²) in [5.74, 6) is 1.39. The Labute approximate surface area is 132 Å². The average Bonchev–Trinajstić information content (AvgIpc) is 2.83. The molecule has 2 aromatic heterocycles. The lowest BCUT2D eigenvalue weighted by Gasteiger charge is -2.22. The number of hydrogen-bond acceptors (Lipinski definition) is 6. The van der Waals surface area contributed by atoms with Crippen LogP contribution in [-0.2, 0) is 17.8 Å². The zero-order chi connectivity index (χ0) is 14.8. The van der Waals surface area contributed by atoms with Gasteiger partial charge in [-0.3, -0.25) is 0 Å². The number of nitrogen functional groups attached to an aromatic ring is 1. The van der Waals surface area contributed by atoms with Crippen molar-refractivity contribution >= 4 is 39.1 Å². The van der Waals surface area contributed by atoms with Crippen LogP contribution in [0.3, 0.4) is 0 Å². The molecule has 112 valence electrons. The molecule has 0 radical (unpaired) electrons. The Kier molecular flexibility index (Phi) is 4.47. The van der Waals surface area contributed by atoms with Gasteiger partial charge < -0.3 is 10.5 Å². The minimum Gasteiger partial charge on any atom is -0.383 e. The van der Waals surface area contributed by atoms with Gasteiger partial charge in [0.25, 0.3) is 0 Å². The number of hydrogen-bond donors (Lipinski definition) is 1. The first-order chi connectivity index (χ1) is 10.2. The number of nitrogens with zero attached hydrogens (tertiary/aromatic N) is 2. The summed E-state index contributed by atoms with van der Waals surface area (Å²) >= 11 is 3.25. The molecule has 0 saturated carbocycles. The first-order valence-corrected chi connectivity index (χ1v) is 8.96. The Hall–Kier alpha value is -1.11. The van der Waals surface area contributed by atoms with Gasteiger partial charge in [0.2, 0.25) is 0 Å². The topological polar surface area (TPSA) is 61.0 Å². The molecule has 6 heteroatoms. The highest BCUT2D eigenvalue weighted by Crippen LogP contribution is 2.38. The Morgan fingerprint density at radius 3 is 3.14 bits per heavy atom. The summed E-state index contributed by atoms with van der Waals surface area (Å²) in [5.41, 5.74) is 7.50. The van der Waals surface area contributed by atoms with Crippen LogP contribution in [0.2, 0.25) is 0 Å². The van der Waals surface area contributed by atoms with E-state index >= 15 is 0 Å². The molecule has 3 rings (SSSR count). The highest BCUT2D eigenvalue weighted by atomic mass is 32.2. The molecule has 4 nitrogen and oxygen atoms in total. The lowest BCUT2D eigenvalue weighted by atomic mass is 10.0. The van der Waals surface area contributed by atoms with Crippen molar-refractivity contribution in [1.29, 1.82) is 0 Å². The second-order valence-electron chi connectivity index (χ2n) is 5.10. The van der Waals surface area contributed by atoms with Gasteiger partial charge in [0.1, 0.15) is 10.6 Å². The summed E-state index contributed by atoms with van der Waals surface area (Å²) in [7, 11) is 0. The third-order valence-electron chi connectivity index (χ3n) is 3.56. The molecule has 2 N–H and O–H groups in total. The zero-order valence-corrected chi connectivity index (χ0v) is 13.7. The molecule has 0 bridgehead atoms. The standard InChI is InChI=1S/C15H19N3OS2/c1-3-5-9-7-10-11(8-19-9)21-14-12(10)13(16)17-15(18-14)20-6-4-2/h4,9H,2-3,5-8H2,1H3,(H2,16,17,18)/t9-/m0/s1. The van der Waals surface area contributed by atoms with Crippen LogP contribution in [0.1, 0.15) is 30.2 Å². The van der Waals surface area contributed by atoms with Crippen molar-refractivity contribution in [1.82, 2.24) is 9.97 Å². The molecule has 0 amide bonds. The van der Waals surface area contributed by atoms with E-state index in [0.717, 1.165) is 40.4 Å². The first kappa shape index (κ1) is 14.8. The maximum atomic E-state index is 6.19. The molecule has 2 aromatic rings. The molecule has 1 atom stereocenters. The number of ether oxygens (including phenoxy) is 1. The van der Waals surface area contributed by atoms with Crippen LogP contribution in [0, 0.1) is 0 Å². The van der Waals surface area contributed by atoms with Gasteiger partial charge in [-0.1, -0.05) is 31.2 Å². The molecule has 0 unspecified atom stereocenters. The predicted octanol–water partition coefficient (Wildman–Crippen LogP) is 3.79. The van der Waals surface area contributed by atoms with E-state index in [1.165, 1.54) is 10.4 Å². The van der Waals surface area contributed by atoms with Crippen molar-refractivity contribution in [3.63, 3.8) is 0 Å². The van der Waals surface area contributed by atoms with Crippen molar-refractivity contribution in [2.45, 2.75) is 44.1 Å². The molecule has 1 aliphatic rings. The van der Waals surface area contributed by atoms with E-state index < -0.39 is 0 Å². The van der Waals surface area contributed by atoms with Crippen molar-refractivity contribution in [3.8, 4) is 0 Å². The third-order valence-corrected chi connectivity index (χ3v) is 5.51.